The van der Waals surface area contributed by atoms with Crippen LogP contribution in [-0.2, 0) is 4.74 Å². The van der Waals surface area contributed by atoms with Gasteiger partial charge < -0.3 is 15.0 Å². The summed E-state index contributed by atoms with van der Waals surface area (Å²) in [6, 6.07) is 10.7. The summed E-state index contributed by atoms with van der Waals surface area (Å²) in [5.74, 6) is 0. The number of pyridine rings is 1. The van der Waals surface area contributed by atoms with E-state index in [1.165, 1.54) is 4.88 Å². The third-order valence-corrected chi connectivity index (χ3v) is 6.30. The second kappa shape index (κ2) is 8.43. The average Bonchev–Trinajstić information content (AvgIpc) is 3.32. The highest BCUT2D eigenvalue weighted by atomic mass is 32.1. The maximum Gasteiger partial charge on any atom is 0.170 e. The molecule has 0 amide bonds. The molecule has 26 heavy (non-hydrogen) atoms. The van der Waals surface area contributed by atoms with Crippen LogP contribution in [0.4, 0.5) is 0 Å². The fourth-order valence-electron chi connectivity index (χ4n) is 3.70. The van der Waals surface area contributed by atoms with Crippen molar-refractivity contribution in [3.63, 3.8) is 0 Å². The number of nitrogens with zero attached hydrogens (tertiary/aromatic N) is 3. The van der Waals surface area contributed by atoms with E-state index in [1.807, 2.05) is 18.3 Å². The van der Waals surface area contributed by atoms with Gasteiger partial charge in [-0.05, 0) is 42.2 Å². The highest BCUT2D eigenvalue weighted by molar-refractivity contribution is 7.80. The quantitative estimate of drug-likeness (QED) is 0.768. The molecule has 2 aromatic rings. The highest BCUT2D eigenvalue weighted by Crippen LogP contribution is 2.40. The Hall–Kier alpha value is -1.54. The summed E-state index contributed by atoms with van der Waals surface area (Å²) in [4.78, 5) is 10.7. The van der Waals surface area contributed by atoms with Crippen molar-refractivity contribution in [3.8, 4) is 0 Å². The van der Waals surface area contributed by atoms with Crippen molar-refractivity contribution < 1.29 is 4.74 Å². The van der Waals surface area contributed by atoms with Crippen molar-refractivity contribution >= 4 is 28.7 Å². The zero-order chi connectivity index (χ0) is 17.8. The summed E-state index contributed by atoms with van der Waals surface area (Å²) in [5.41, 5.74) is 1.05. The maximum absolute atomic E-state index is 5.70. The predicted octanol–water partition coefficient (Wildman–Crippen LogP) is 2.84. The van der Waals surface area contributed by atoms with Crippen LogP contribution in [0.15, 0.2) is 41.9 Å². The molecule has 0 radical (unpaired) electrons. The van der Waals surface area contributed by atoms with Crippen molar-refractivity contribution in [2.24, 2.45) is 0 Å². The molecule has 2 unspecified atom stereocenters. The van der Waals surface area contributed by atoms with Gasteiger partial charge in [0.25, 0.3) is 0 Å². The lowest BCUT2D eigenvalue weighted by Gasteiger charge is -2.29. The second-order valence-corrected chi connectivity index (χ2v) is 8.01. The molecule has 0 aromatic carbocycles. The molecular weight excluding hydrogens is 364 g/mol. The molecule has 2 aliphatic rings. The number of nitrogens with one attached hydrogen (secondary N) is 1. The monoisotopic (exact) mass is 388 g/mol. The number of hydrogen-bond acceptors (Lipinski definition) is 5. The van der Waals surface area contributed by atoms with Crippen LogP contribution in [0.25, 0.3) is 0 Å². The third-order valence-electron chi connectivity index (χ3n) is 5.01. The first kappa shape index (κ1) is 17.9. The van der Waals surface area contributed by atoms with Crippen molar-refractivity contribution in [2.75, 3.05) is 39.4 Å². The van der Waals surface area contributed by atoms with Crippen LogP contribution >= 0.6 is 23.6 Å². The van der Waals surface area contributed by atoms with E-state index in [4.69, 9.17) is 17.0 Å². The second-order valence-electron chi connectivity index (χ2n) is 6.64. The number of aromatic nitrogens is 1. The Morgan fingerprint density at radius 2 is 2.08 bits per heavy atom. The molecule has 2 aromatic heterocycles. The molecule has 0 aliphatic carbocycles. The molecule has 7 heteroatoms. The highest BCUT2D eigenvalue weighted by Gasteiger charge is 2.39. The van der Waals surface area contributed by atoms with Gasteiger partial charge in [0.2, 0.25) is 0 Å². The maximum atomic E-state index is 5.70. The van der Waals surface area contributed by atoms with Crippen molar-refractivity contribution in [1.29, 1.82) is 0 Å². The minimum absolute atomic E-state index is 0.103. The minimum atomic E-state index is 0.103. The van der Waals surface area contributed by atoms with Crippen molar-refractivity contribution in [3.05, 3.63) is 52.5 Å². The Balaban J connectivity index is 1.48. The average molecular weight is 389 g/mol. The number of rotatable bonds is 6. The van der Waals surface area contributed by atoms with E-state index in [1.54, 1.807) is 11.3 Å². The number of thiophene rings is 1. The van der Waals surface area contributed by atoms with Gasteiger partial charge in [-0.3, -0.25) is 9.88 Å². The van der Waals surface area contributed by atoms with E-state index < -0.39 is 0 Å². The van der Waals surface area contributed by atoms with E-state index in [0.717, 1.165) is 56.6 Å². The SMILES string of the molecule is S=C1NC(c2ccccn2)C(c2cccs2)N1CCCN1CCOCC1. The van der Waals surface area contributed by atoms with Gasteiger partial charge in [-0.15, -0.1) is 11.3 Å². The van der Waals surface area contributed by atoms with E-state index in [-0.39, 0.29) is 12.1 Å². The summed E-state index contributed by atoms with van der Waals surface area (Å²) in [7, 11) is 0. The van der Waals surface area contributed by atoms with E-state index in [2.05, 4.69) is 43.7 Å². The molecule has 0 bridgehead atoms. The Bertz CT molecular complexity index is 704. The first-order valence-corrected chi connectivity index (χ1v) is 10.4. The lowest BCUT2D eigenvalue weighted by molar-refractivity contribution is 0.0366. The normalized spacial score (nSPS) is 24.0. The van der Waals surface area contributed by atoms with Gasteiger partial charge in [0.15, 0.2) is 5.11 Å². The fourth-order valence-corrected chi connectivity index (χ4v) is 4.91. The lowest BCUT2D eigenvalue weighted by atomic mass is 10.0. The van der Waals surface area contributed by atoms with Crippen molar-refractivity contribution in [1.82, 2.24) is 20.1 Å². The van der Waals surface area contributed by atoms with Crippen LogP contribution in [0.3, 0.4) is 0 Å². The first-order valence-electron chi connectivity index (χ1n) is 9.14. The number of hydrogen-bond donors (Lipinski definition) is 1. The van der Waals surface area contributed by atoms with Crippen LogP contribution in [0, 0.1) is 0 Å². The van der Waals surface area contributed by atoms with Gasteiger partial charge in [-0.25, -0.2) is 0 Å². The van der Waals surface area contributed by atoms with E-state index in [0.29, 0.717) is 0 Å². The van der Waals surface area contributed by atoms with E-state index >= 15 is 0 Å². The number of morpholine rings is 1. The molecular formula is C19H24N4OS2. The Labute approximate surface area is 164 Å². The van der Waals surface area contributed by atoms with Crippen LogP contribution in [0.2, 0.25) is 0 Å². The first-order chi connectivity index (χ1) is 12.8. The smallest absolute Gasteiger partial charge is 0.170 e. The van der Waals surface area contributed by atoms with Crippen LogP contribution in [0.1, 0.15) is 29.1 Å². The molecule has 1 N–H and O–H groups in total. The standard InChI is InChI=1S/C19H24N4OS2/c25-19-21-17(15-5-1-2-7-20-15)18(16-6-3-14-26-16)23(19)9-4-8-22-10-12-24-13-11-22/h1-3,5-7,14,17-18H,4,8-13H2,(H,21,25). The summed E-state index contributed by atoms with van der Waals surface area (Å²) < 4.78 is 5.44. The van der Waals surface area contributed by atoms with Gasteiger partial charge in [0.1, 0.15) is 0 Å². The molecule has 4 heterocycles. The molecule has 0 spiro atoms. The zero-order valence-electron chi connectivity index (χ0n) is 14.7. The number of ether oxygens (including phenoxy) is 1. The Morgan fingerprint density at radius 3 is 2.81 bits per heavy atom. The van der Waals surface area contributed by atoms with Gasteiger partial charge in [0, 0.05) is 37.3 Å². The number of thiocarbonyl (C=S) groups is 1. The largest absolute Gasteiger partial charge is 0.379 e. The topological polar surface area (TPSA) is 40.6 Å². The predicted molar refractivity (Wildman–Crippen MR) is 108 cm³/mol. The lowest BCUT2D eigenvalue weighted by Crippen LogP contribution is -2.38. The van der Waals surface area contributed by atoms with Gasteiger partial charge in [-0.1, -0.05) is 12.1 Å². The van der Waals surface area contributed by atoms with E-state index in [9.17, 15) is 0 Å². The summed E-state index contributed by atoms with van der Waals surface area (Å²) >= 11 is 7.49. The van der Waals surface area contributed by atoms with Gasteiger partial charge >= 0.3 is 0 Å². The minimum Gasteiger partial charge on any atom is -0.379 e. The van der Waals surface area contributed by atoms with Gasteiger partial charge in [-0.2, -0.15) is 0 Å². The molecule has 2 atom stereocenters. The summed E-state index contributed by atoms with van der Waals surface area (Å²) in [6.45, 7) is 5.82. The van der Waals surface area contributed by atoms with Gasteiger partial charge in [0.05, 0.1) is 31.0 Å². The van der Waals surface area contributed by atoms with Crippen molar-refractivity contribution in [2.45, 2.75) is 18.5 Å². The Morgan fingerprint density at radius 1 is 1.19 bits per heavy atom. The molecule has 2 aliphatic heterocycles. The summed E-state index contributed by atoms with van der Waals surface area (Å²) in [5, 5.41) is 6.49. The Kier molecular flexibility index (Phi) is 5.79. The molecule has 4 rings (SSSR count). The van der Waals surface area contributed by atoms with Crippen LogP contribution in [0.5, 0.6) is 0 Å². The molecule has 138 valence electrons. The molecule has 0 saturated carbocycles. The fraction of sp³-hybridized carbons (Fsp3) is 0.474. The molecule has 5 nitrogen and oxygen atoms in total. The zero-order valence-corrected chi connectivity index (χ0v) is 16.3. The summed E-state index contributed by atoms with van der Waals surface area (Å²) in [6.07, 6.45) is 2.95. The van der Waals surface area contributed by atoms with Crippen LogP contribution < -0.4 is 5.32 Å². The molecule has 2 fully saturated rings. The third kappa shape index (κ3) is 3.91. The molecule has 2 saturated heterocycles. The van der Waals surface area contributed by atoms with Crippen LogP contribution in [-0.4, -0.2) is 59.3 Å².